The fourth-order valence-corrected chi connectivity index (χ4v) is 10.6. The van der Waals surface area contributed by atoms with E-state index in [0.717, 1.165) is 33.7 Å². The van der Waals surface area contributed by atoms with Crippen molar-refractivity contribution in [3.63, 3.8) is 0 Å². The molecular weight excluding hydrogens is 741 g/mol. The number of hydrogen-bond donors (Lipinski definition) is 0. The Morgan fingerprint density at radius 3 is 1.64 bits per heavy atom. The smallest absolute Gasteiger partial charge is 0.146 e. The van der Waals surface area contributed by atoms with Gasteiger partial charge in [0.25, 0.3) is 0 Å². The standard InChI is InChI=1S/C57H44N4/c1-56(2,3)35-25-26-46-43(29-35)49-39-23-15-13-17-33(39)27-41-42-32-47-51(58-55(42)61(46)53(41)49)45-31-36(57(4,5)6)30-44-50-40-24-16-14-18-34(40)28-48(54(50)60(47)52(44)45)59(37-19-9-7-10-20-37)38-21-11-8-12-22-38/h7-32H,1-6H3. The molecule has 0 aliphatic carbocycles. The molecule has 0 aliphatic heterocycles. The molecule has 0 saturated heterocycles. The van der Waals surface area contributed by atoms with E-state index in [1.165, 1.54) is 92.4 Å². The van der Waals surface area contributed by atoms with Gasteiger partial charge < -0.3 is 9.30 Å². The van der Waals surface area contributed by atoms with Gasteiger partial charge >= 0.3 is 0 Å². The molecule has 0 atom stereocenters. The number of nitrogens with zero attached hydrogens (tertiary/aromatic N) is 4. The Kier molecular flexibility index (Phi) is 6.69. The Labute approximate surface area is 353 Å². The largest absolute Gasteiger partial charge is 0.308 e. The summed E-state index contributed by atoms with van der Waals surface area (Å²) in [6.45, 7) is 13.9. The van der Waals surface area contributed by atoms with Gasteiger partial charge in [0.15, 0.2) is 0 Å². The molecule has 0 aliphatic rings. The quantitative estimate of drug-likeness (QED) is 0.178. The van der Waals surface area contributed by atoms with Crippen LogP contribution in [0.2, 0.25) is 0 Å². The van der Waals surface area contributed by atoms with Crippen molar-refractivity contribution in [2.24, 2.45) is 0 Å². The second-order valence-electron chi connectivity index (χ2n) is 19.3. The number of benzene rings is 8. The van der Waals surface area contributed by atoms with Crippen molar-refractivity contribution >= 4 is 115 Å². The van der Waals surface area contributed by atoms with Crippen molar-refractivity contribution in [2.75, 3.05) is 4.90 Å². The Hall–Kier alpha value is -7.17. The van der Waals surface area contributed by atoms with Gasteiger partial charge in [0.05, 0.1) is 38.8 Å². The molecule has 4 nitrogen and oxygen atoms in total. The van der Waals surface area contributed by atoms with Crippen LogP contribution in [0.25, 0.3) is 98.0 Å². The molecule has 5 heterocycles. The Bertz CT molecular complexity index is 3890. The van der Waals surface area contributed by atoms with Crippen LogP contribution in [0.15, 0.2) is 158 Å². The summed E-state index contributed by atoms with van der Waals surface area (Å²) in [5, 5.41) is 13.8. The van der Waals surface area contributed by atoms with Crippen LogP contribution < -0.4 is 4.90 Å². The van der Waals surface area contributed by atoms with Crippen molar-refractivity contribution < 1.29 is 0 Å². The van der Waals surface area contributed by atoms with E-state index in [0.29, 0.717) is 0 Å². The predicted octanol–water partition coefficient (Wildman–Crippen LogP) is 15.8. The number of pyridine rings is 1. The lowest BCUT2D eigenvalue weighted by molar-refractivity contribution is 0.591. The highest BCUT2D eigenvalue weighted by Gasteiger charge is 2.30. The van der Waals surface area contributed by atoms with Gasteiger partial charge in [-0.1, -0.05) is 133 Å². The molecule has 5 aromatic heterocycles. The minimum Gasteiger partial charge on any atom is -0.308 e. The third kappa shape index (κ3) is 4.62. The van der Waals surface area contributed by atoms with Crippen LogP contribution in [0.3, 0.4) is 0 Å². The summed E-state index contributed by atoms with van der Waals surface area (Å²) < 4.78 is 5.03. The lowest BCUT2D eigenvalue weighted by Gasteiger charge is -2.27. The van der Waals surface area contributed by atoms with Crippen LogP contribution in [0.4, 0.5) is 17.1 Å². The first-order valence-electron chi connectivity index (χ1n) is 21.6. The summed E-state index contributed by atoms with van der Waals surface area (Å²) in [6, 6.07) is 58.8. The van der Waals surface area contributed by atoms with E-state index in [9.17, 15) is 0 Å². The topological polar surface area (TPSA) is 24.9 Å². The first-order valence-corrected chi connectivity index (χ1v) is 21.6. The Balaban J connectivity index is 1.27. The van der Waals surface area contributed by atoms with Crippen molar-refractivity contribution in [2.45, 2.75) is 52.4 Å². The van der Waals surface area contributed by atoms with Gasteiger partial charge in [0.1, 0.15) is 5.65 Å². The van der Waals surface area contributed by atoms with Gasteiger partial charge in [0.2, 0.25) is 0 Å². The maximum Gasteiger partial charge on any atom is 0.146 e. The molecule has 13 aromatic rings. The number of rotatable bonds is 3. The molecule has 0 amide bonds. The van der Waals surface area contributed by atoms with E-state index in [2.05, 4.69) is 213 Å². The summed E-state index contributed by atoms with van der Waals surface area (Å²) in [5.74, 6) is 0. The predicted molar refractivity (Wildman–Crippen MR) is 261 cm³/mol. The molecule has 0 unspecified atom stereocenters. The first-order chi connectivity index (χ1) is 29.5. The molecular formula is C57H44N4. The monoisotopic (exact) mass is 784 g/mol. The highest BCUT2D eigenvalue weighted by Crippen LogP contribution is 2.51. The second-order valence-corrected chi connectivity index (χ2v) is 19.3. The van der Waals surface area contributed by atoms with Gasteiger partial charge in [-0.25, -0.2) is 4.98 Å². The van der Waals surface area contributed by atoms with E-state index >= 15 is 0 Å². The zero-order chi connectivity index (χ0) is 41.1. The Morgan fingerprint density at radius 2 is 0.984 bits per heavy atom. The SMILES string of the molecule is CC(C)(C)c1ccc2c(c1)c1c3ccccc3cc3c4cc5c(nc4n2c31)c1cc(C(C)(C)C)cc2c3c4ccccc4cc(N(c4ccccc4)c4ccccc4)c3n5c12. The normalized spacial score (nSPS) is 13.1. The Morgan fingerprint density at radius 1 is 0.410 bits per heavy atom. The molecule has 61 heavy (non-hydrogen) atoms. The van der Waals surface area contributed by atoms with Crippen LogP contribution in [0.1, 0.15) is 52.7 Å². The number of hydrogen-bond acceptors (Lipinski definition) is 2. The van der Waals surface area contributed by atoms with Gasteiger partial charge in [-0.05, 0) is 110 Å². The number of anilines is 3. The highest BCUT2D eigenvalue weighted by molar-refractivity contribution is 6.34. The second kappa shape index (κ2) is 11.8. The maximum atomic E-state index is 5.88. The van der Waals surface area contributed by atoms with Crippen molar-refractivity contribution in [1.82, 2.24) is 13.8 Å². The molecule has 0 bridgehead atoms. The minimum atomic E-state index is -0.0873. The van der Waals surface area contributed by atoms with Crippen LogP contribution in [-0.4, -0.2) is 13.8 Å². The lowest BCUT2D eigenvalue weighted by atomic mass is 9.85. The molecule has 292 valence electrons. The van der Waals surface area contributed by atoms with Crippen molar-refractivity contribution in [3.8, 4) is 0 Å². The average molecular weight is 785 g/mol. The fourth-order valence-electron chi connectivity index (χ4n) is 10.6. The fraction of sp³-hybridized carbons (Fsp3) is 0.140. The van der Waals surface area contributed by atoms with Gasteiger partial charge in [-0.15, -0.1) is 0 Å². The molecule has 0 spiro atoms. The van der Waals surface area contributed by atoms with Crippen LogP contribution in [0, 0.1) is 0 Å². The number of para-hydroxylation sites is 2. The van der Waals surface area contributed by atoms with Crippen LogP contribution in [0.5, 0.6) is 0 Å². The highest BCUT2D eigenvalue weighted by atomic mass is 15.2. The summed E-state index contributed by atoms with van der Waals surface area (Å²) in [6.07, 6.45) is 0. The van der Waals surface area contributed by atoms with Gasteiger partial charge in [0, 0.05) is 49.1 Å². The first kappa shape index (κ1) is 34.7. The molecule has 0 fully saturated rings. The zero-order valence-electron chi connectivity index (χ0n) is 35.3. The van der Waals surface area contributed by atoms with Crippen molar-refractivity contribution in [1.29, 1.82) is 0 Å². The molecule has 8 aromatic carbocycles. The molecule has 4 heteroatoms. The number of aromatic nitrogens is 3. The minimum absolute atomic E-state index is 0.0254. The van der Waals surface area contributed by atoms with Crippen LogP contribution >= 0.6 is 0 Å². The van der Waals surface area contributed by atoms with E-state index in [4.69, 9.17) is 4.98 Å². The van der Waals surface area contributed by atoms with E-state index in [-0.39, 0.29) is 10.8 Å². The summed E-state index contributed by atoms with van der Waals surface area (Å²) in [7, 11) is 0. The third-order valence-electron chi connectivity index (χ3n) is 13.6. The summed E-state index contributed by atoms with van der Waals surface area (Å²) in [4.78, 5) is 8.32. The molecule has 0 saturated carbocycles. The maximum absolute atomic E-state index is 5.88. The van der Waals surface area contributed by atoms with Gasteiger partial charge in [-0.3, -0.25) is 4.40 Å². The van der Waals surface area contributed by atoms with E-state index in [1.807, 2.05) is 0 Å². The van der Waals surface area contributed by atoms with E-state index < -0.39 is 0 Å². The van der Waals surface area contributed by atoms with Crippen LogP contribution in [-0.2, 0) is 10.8 Å². The lowest BCUT2D eigenvalue weighted by Crippen LogP contribution is -2.11. The van der Waals surface area contributed by atoms with Gasteiger partial charge in [-0.2, -0.15) is 0 Å². The molecule has 13 rings (SSSR count). The molecule has 0 radical (unpaired) electrons. The van der Waals surface area contributed by atoms with E-state index in [1.54, 1.807) is 0 Å². The number of fused-ring (bicyclic) bond motifs is 16. The third-order valence-corrected chi connectivity index (χ3v) is 13.6. The van der Waals surface area contributed by atoms with Crippen molar-refractivity contribution in [3.05, 3.63) is 169 Å². The average Bonchev–Trinajstić information content (AvgIpc) is 3.98. The summed E-state index contributed by atoms with van der Waals surface area (Å²) >= 11 is 0. The zero-order valence-corrected chi connectivity index (χ0v) is 35.3. The summed E-state index contributed by atoms with van der Waals surface area (Å²) in [5.41, 5.74) is 14.0. The molecule has 0 N–H and O–H groups in total.